The molecular formula is C8H13NO4. The van der Waals surface area contributed by atoms with Crippen molar-refractivity contribution < 1.29 is 19.4 Å². The molecule has 5 heteroatoms. The summed E-state index contributed by atoms with van der Waals surface area (Å²) in [6, 6.07) is 0. The first kappa shape index (κ1) is 9.98. The summed E-state index contributed by atoms with van der Waals surface area (Å²) in [6.07, 6.45) is -0.913. The Balaban J connectivity index is 2.47. The van der Waals surface area contributed by atoms with Gasteiger partial charge in [0.15, 0.2) is 6.10 Å². The Hall–Kier alpha value is -1.10. The lowest BCUT2D eigenvalue weighted by Gasteiger charge is -2.14. The summed E-state index contributed by atoms with van der Waals surface area (Å²) < 4.78 is 5.06. The Bertz CT molecular complexity index is 228. The van der Waals surface area contributed by atoms with Crippen LogP contribution in [0.1, 0.15) is 13.3 Å². The molecule has 1 heterocycles. The fraction of sp³-hybridized carbons (Fsp3) is 0.750. The number of hydrogen-bond acceptors (Lipinski definition) is 3. The minimum absolute atomic E-state index is 0.131. The second-order valence-electron chi connectivity index (χ2n) is 3.15. The summed E-state index contributed by atoms with van der Waals surface area (Å²) in [5.74, 6) is -1.17. The third-order valence-electron chi connectivity index (χ3n) is 2.09. The zero-order valence-corrected chi connectivity index (χ0v) is 7.69. The van der Waals surface area contributed by atoms with Crippen molar-refractivity contribution in [2.45, 2.75) is 25.6 Å². The van der Waals surface area contributed by atoms with Crippen LogP contribution in [0.25, 0.3) is 0 Å². The van der Waals surface area contributed by atoms with Crippen LogP contribution in [0.5, 0.6) is 0 Å². The van der Waals surface area contributed by atoms with Gasteiger partial charge < -0.3 is 14.7 Å². The molecule has 1 saturated heterocycles. The van der Waals surface area contributed by atoms with Gasteiger partial charge >= 0.3 is 5.97 Å². The Morgan fingerprint density at radius 2 is 2.38 bits per heavy atom. The molecule has 2 atom stereocenters. The third kappa shape index (κ3) is 2.18. The number of carbonyl (C=O) groups excluding carboxylic acids is 1. The highest BCUT2D eigenvalue weighted by Gasteiger charge is 2.32. The van der Waals surface area contributed by atoms with Gasteiger partial charge in [-0.3, -0.25) is 4.79 Å². The molecule has 5 nitrogen and oxygen atoms in total. The molecule has 0 saturated carbocycles. The van der Waals surface area contributed by atoms with Gasteiger partial charge in [0.2, 0.25) is 0 Å². The van der Waals surface area contributed by atoms with Crippen molar-refractivity contribution in [2.24, 2.45) is 0 Å². The van der Waals surface area contributed by atoms with E-state index in [-0.39, 0.29) is 5.91 Å². The fourth-order valence-corrected chi connectivity index (χ4v) is 1.22. The first-order valence-electron chi connectivity index (χ1n) is 4.15. The smallest absolute Gasteiger partial charge is 0.332 e. The molecule has 0 spiro atoms. The maximum absolute atomic E-state index is 11.3. The zero-order valence-electron chi connectivity index (χ0n) is 7.69. The molecule has 1 rings (SSSR count). The van der Waals surface area contributed by atoms with E-state index in [1.807, 2.05) is 0 Å². The van der Waals surface area contributed by atoms with Crippen molar-refractivity contribution in [1.29, 1.82) is 0 Å². The number of amides is 1. The van der Waals surface area contributed by atoms with Crippen molar-refractivity contribution in [3.8, 4) is 0 Å². The van der Waals surface area contributed by atoms with E-state index in [2.05, 4.69) is 0 Å². The van der Waals surface area contributed by atoms with E-state index in [1.165, 1.54) is 6.92 Å². The van der Waals surface area contributed by atoms with Crippen LogP contribution in [-0.4, -0.2) is 47.7 Å². The third-order valence-corrected chi connectivity index (χ3v) is 2.09. The van der Waals surface area contributed by atoms with E-state index in [4.69, 9.17) is 9.84 Å². The lowest BCUT2D eigenvalue weighted by atomic mass is 10.3. The van der Waals surface area contributed by atoms with Crippen LogP contribution < -0.4 is 0 Å². The van der Waals surface area contributed by atoms with Crippen LogP contribution in [0.4, 0.5) is 0 Å². The van der Waals surface area contributed by atoms with E-state index >= 15 is 0 Å². The first-order valence-corrected chi connectivity index (χ1v) is 4.15. The largest absolute Gasteiger partial charge is 0.479 e. The van der Waals surface area contributed by atoms with E-state index in [9.17, 15) is 9.59 Å². The topological polar surface area (TPSA) is 66.8 Å². The Morgan fingerprint density at radius 3 is 2.77 bits per heavy atom. The quantitative estimate of drug-likeness (QED) is 0.659. The maximum atomic E-state index is 11.3. The lowest BCUT2D eigenvalue weighted by molar-refractivity contribution is -0.156. The van der Waals surface area contributed by atoms with Crippen LogP contribution in [0.3, 0.4) is 0 Å². The molecule has 0 aromatic rings. The number of carboxylic acid groups (broad SMARTS) is 1. The van der Waals surface area contributed by atoms with Gasteiger partial charge in [-0.05, 0) is 6.92 Å². The zero-order chi connectivity index (χ0) is 10.0. The van der Waals surface area contributed by atoms with E-state index < -0.39 is 18.2 Å². The lowest BCUT2D eigenvalue weighted by Crippen LogP contribution is -2.32. The average Bonchev–Trinajstić information content (AvgIpc) is 2.36. The standard InChI is InChI=1S/C8H13NO4/c1-5(8(11)12)13-6-3-4-9(2)7(6)10/h5-6H,3-4H2,1-2H3,(H,11,12)/t5-,6?/m1/s1. The minimum atomic E-state index is -1.04. The van der Waals surface area contributed by atoms with Gasteiger partial charge in [-0.2, -0.15) is 0 Å². The summed E-state index contributed by atoms with van der Waals surface area (Å²) >= 11 is 0. The van der Waals surface area contributed by atoms with E-state index in [0.29, 0.717) is 13.0 Å². The number of likely N-dealkylation sites (tertiary alicyclic amines) is 1. The maximum Gasteiger partial charge on any atom is 0.332 e. The second-order valence-corrected chi connectivity index (χ2v) is 3.15. The molecule has 0 aliphatic carbocycles. The number of aliphatic carboxylic acids is 1. The number of hydrogen-bond donors (Lipinski definition) is 1. The molecule has 1 N–H and O–H groups in total. The van der Waals surface area contributed by atoms with Gasteiger partial charge in [0.05, 0.1) is 0 Å². The van der Waals surface area contributed by atoms with Crippen molar-refractivity contribution in [1.82, 2.24) is 4.90 Å². The molecule has 0 bridgehead atoms. The number of nitrogens with zero attached hydrogens (tertiary/aromatic N) is 1. The van der Waals surface area contributed by atoms with Gasteiger partial charge in [-0.1, -0.05) is 0 Å². The van der Waals surface area contributed by atoms with Gasteiger partial charge in [-0.15, -0.1) is 0 Å². The van der Waals surface area contributed by atoms with E-state index in [1.54, 1.807) is 11.9 Å². The van der Waals surface area contributed by atoms with Crippen LogP contribution in [0.15, 0.2) is 0 Å². The van der Waals surface area contributed by atoms with Crippen molar-refractivity contribution in [3.63, 3.8) is 0 Å². The fourth-order valence-electron chi connectivity index (χ4n) is 1.22. The Labute approximate surface area is 76.3 Å². The predicted octanol–water partition coefficient (Wildman–Crippen LogP) is -0.293. The monoisotopic (exact) mass is 187 g/mol. The highest BCUT2D eigenvalue weighted by molar-refractivity contribution is 5.83. The molecule has 1 aliphatic rings. The highest BCUT2D eigenvalue weighted by Crippen LogP contribution is 2.14. The number of carbonyl (C=O) groups is 2. The Morgan fingerprint density at radius 1 is 1.77 bits per heavy atom. The molecular weight excluding hydrogens is 174 g/mol. The van der Waals surface area contributed by atoms with E-state index in [0.717, 1.165) is 0 Å². The van der Waals surface area contributed by atoms with Crippen LogP contribution in [0, 0.1) is 0 Å². The molecule has 13 heavy (non-hydrogen) atoms. The number of carboxylic acids is 1. The van der Waals surface area contributed by atoms with Crippen LogP contribution in [0.2, 0.25) is 0 Å². The predicted molar refractivity (Wildman–Crippen MR) is 44.2 cm³/mol. The van der Waals surface area contributed by atoms with Crippen molar-refractivity contribution >= 4 is 11.9 Å². The molecule has 1 aliphatic heterocycles. The SMILES string of the molecule is C[C@@H](OC1CCN(C)C1=O)C(=O)O. The average molecular weight is 187 g/mol. The number of ether oxygens (including phenoxy) is 1. The van der Waals surface area contributed by atoms with Gasteiger partial charge in [0.1, 0.15) is 6.10 Å². The summed E-state index contributed by atoms with van der Waals surface area (Å²) in [5.41, 5.74) is 0. The minimum Gasteiger partial charge on any atom is -0.479 e. The molecule has 0 aromatic carbocycles. The van der Waals surface area contributed by atoms with Gasteiger partial charge in [-0.25, -0.2) is 4.79 Å². The molecule has 0 aromatic heterocycles. The molecule has 1 fully saturated rings. The number of rotatable bonds is 3. The summed E-state index contributed by atoms with van der Waals surface area (Å²) in [7, 11) is 1.68. The van der Waals surface area contributed by atoms with Gasteiger partial charge in [0, 0.05) is 20.0 Å². The Kier molecular flexibility index (Phi) is 2.87. The second kappa shape index (κ2) is 3.74. The summed E-state index contributed by atoms with van der Waals surface area (Å²) in [6.45, 7) is 2.06. The summed E-state index contributed by atoms with van der Waals surface area (Å²) in [5, 5.41) is 8.54. The summed E-state index contributed by atoms with van der Waals surface area (Å²) in [4.78, 5) is 23.2. The van der Waals surface area contributed by atoms with Crippen LogP contribution >= 0.6 is 0 Å². The number of likely N-dealkylation sites (N-methyl/N-ethyl adjacent to an activating group) is 1. The molecule has 0 radical (unpaired) electrons. The van der Waals surface area contributed by atoms with Crippen molar-refractivity contribution in [2.75, 3.05) is 13.6 Å². The molecule has 1 amide bonds. The molecule has 1 unspecified atom stereocenters. The molecule has 74 valence electrons. The van der Waals surface area contributed by atoms with Crippen LogP contribution in [-0.2, 0) is 14.3 Å². The normalized spacial score (nSPS) is 24.9. The highest BCUT2D eigenvalue weighted by atomic mass is 16.5. The van der Waals surface area contributed by atoms with Gasteiger partial charge in [0.25, 0.3) is 5.91 Å². The first-order chi connectivity index (χ1) is 6.02. The van der Waals surface area contributed by atoms with Crippen molar-refractivity contribution in [3.05, 3.63) is 0 Å².